The molecule has 5 nitrogen and oxygen atoms in total. The van der Waals surface area contributed by atoms with Gasteiger partial charge in [0, 0.05) is 44.2 Å². The van der Waals surface area contributed by atoms with E-state index in [2.05, 4.69) is 61.6 Å². The van der Waals surface area contributed by atoms with Crippen molar-refractivity contribution in [2.75, 3.05) is 13.1 Å². The zero-order valence-electron chi connectivity index (χ0n) is 13.3. The molecule has 0 bridgehead atoms. The van der Waals surface area contributed by atoms with Gasteiger partial charge in [0.25, 0.3) is 0 Å². The fraction of sp³-hybridized carbons (Fsp3) is 0.333. The number of piperidine rings is 1. The Bertz CT molecular complexity index is 724. The molecule has 0 amide bonds. The monoisotopic (exact) mass is 386 g/mol. The number of benzene rings is 1. The van der Waals surface area contributed by atoms with Crippen molar-refractivity contribution in [2.24, 2.45) is 4.99 Å². The van der Waals surface area contributed by atoms with Crippen molar-refractivity contribution in [3.8, 4) is 0 Å². The van der Waals surface area contributed by atoms with Gasteiger partial charge in [-0.15, -0.1) is 0 Å². The third-order valence-electron chi connectivity index (χ3n) is 4.54. The maximum absolute atomic E-state index is 5.86. The van der Waals surface area contributed by atoms with Crippen LogP contribution in [0.15, 0.2) is 58.3 Å². The van der Waals surface area contributed by atoms with Gasteiger partial charge in [0.2, 0.25) is 0 Å². The molecule has 0 unspecified atom stereocenters. The number of amidine groups is 1. The zero-order valence-corrected chi connectivity index (χ0v) is 14.9. The Kier molecular flexibility index (Phi) is 4.35. The summed E-state index contributed by atoms with van der Waals surface area (Å²) in [5, 5.41) is 0. The molecule has 0 saturated carbocycles. The number of likely N-dealkylation sites (tertiary alicyclic amines) is 1. The lowest BCUT2D eigenvalue weighted by molar-refractivity contribution is -0.0901. The van der Waals surface area contributed by atoms with Crippen LogP contribution in [0, 0.1) is 0 Å². The molecule has 1 aromatic heterocycles. The zero-order chi connectivity index (χ0) is 16.4. The number of nitrogens with zero attached hydrogens (tertiary/aromatic N) is 3. The summed E-state index contributed by atoms with van der Waals surface area (Å²) in [6.07, 6.45) is 3.57. The third-order valence-corrected chi connectivity index (χ3v) is 5.01. The molecule has 0 aliphatic carbocycles. The summed E-state index contributed by atoms with van der Waals surface area (Å²) in [6.45, 7) is 2.94. The smallest absolute Gasteiger partial charge is 0.190 e. The molecule has 4 rings (SSSR count). The van der Waals surface area contributed by atoms with Gasteiger partial charge in [-0.1, -0.05) is 30.3 Å². The van der Waals surface area contributed by atoms with Crippen molar-refractivity contribution in [1.29, 1.82) is 0 Å². The molecule has 124 valence electrons. The van der Waals surface area contributed by atoms with E-state index in [0.717, 1.165) is 48.5 Å². The predicted molar refractivity (Wildman–Crippen MR) is 96.4 cm³/mol. The van der Waals surface area contributed by atoms with E-state index in [1.165, 1.54) is 5.56 Å². The Hall–Kier alpha value is -1.76. The standard InChI is InChI=1S/C18H19BrN4O/c19-16-7-6-15(12-20-16)17-21-18(24-22-17)8-10-23(11-9-18)13-14-4-2-1-3-5-14/h1-7,12H,8-11,13H2,(H,21,22). The minimum Gasteiger partial charge on any atom is -0.299 e. The van der Waals surface area contributed by atoms with Gasteiger partial charge >= 0.3 is 0 Å². The summed E-state index contributed by atoms with van der Waals surface area (Å²) in [5.41, 5.74) is 4.86. The highest BCUT2D eigenvalue weighted by atomic mass is 79.9. The molecule has 6 heteroatoms. The van der Waals surface area contributed by atoms with Crippen molar-refractivity contribution < 1.29 is 4.84 Å². The number of hydroxylamine groups is 1. The highest BCUT2D eigenvalue weighted by molar-refractivity contribution is 9.10. The number of aliphatic imine (C=N–C) groups is 1. The molecule has 0 radical (unpaired) electrons. The summed E-state index contributed by atoms with van der Waals surface area (Å²) >= 11 is 3.35. The molecule has 24 heavy (non-hydrogen) atoms. The van der Waals surface area contributed by atoms with E-state index in [9.17, 15) is 0 Å². The predicted octanol–water partition coefficient (Wildman–Crippen LogP) is 3.12. The number of hydrogen-bond donors (Lipinski definition) is 1. The lowest BCUT2D eigenvalue weighted by Crippen LogP contribution is -2.44. The summed E-state index contributed by atoms with van der Waals surface area (Å²) in [4.78, 5) is 17.4. The average molecular weight is 387 g/mol. The summed E-state index contributed by atoms with van der Waals surface area (Å²) in [6, 6.07) is 14.5. The van der Waals surface area contributed by atoms with Crippen molar-refractivity contribution in [2.45, 2.75) is 25.1 Å². The van der Waals surface area contributed by atoms with E-state index >= 15 is 0 Å². The number of rotatable bonds is 3. The Morgan fingerprint density at radius 2 is 1.92 bits per heavy atom. The Morgan fingerprint density at radius 1 is 1.12 bits per heavy atom. The molecule has 2 aliphatic heterocycles. The molecule has 2 aromatic rings. The first kappa shape index (κ1) is 15.7. The van der Waals surface area contributed by atoms with E-state index in [1.54, 1.807) is 6.20 Å². The van der Waals surface area contributed by atoms with Crippen LogP contribution in [0.5, 0.6) is 0 Å². The minimum atomic E-state index is -0.435. The molecule has 1 saturated heterocycles. The SMILES string of the molecule is Brc1ccc(C2=NC3(CCN(Cc4ccccc4)CC3)ON2)cn1. The average Bonchev–Trinajstić information content (AvgIpc) is 3.03. The number of halogens is 1. The minimum absolute atomic E-state index is 0.435. The lowest BCUT2D eigenvalue weighted by atomic mass is 10.0. The normalized spacial score (nSPS) is 20.0. The van der Waals surface area contributed by atoms with Crippen LogP contribution in [-0.4, -0.2) is 34.5 Å². The van der Waals surface area contributed by atoms with Crippen LogP contribution in [0.3, 0.4) is 0 Å². The van der Waals surface area contributed by atoms with Gasteiger partial charge in [-0.25, -0.2) is 20.3 Å². The maximum Gasteiger partial charge on any atom is 0.190 e. The molecule has 2 aliphatic rings. The lowest BCUT2D eigenvalue weighted by Gasteiger charge is -2.35. The van der Waals surface area contributed by atoms with Crippen molar-refractivity contribution in [3.63, 3.8) is 0 Å². The van der Waals surface area contributed by atoms with Crippen molar-refractivity contribution in [1.82, 2.24) is 15.4 Å². The van der Waals surface area contributed by atoms with Gasteiger partial charge in [-0.05, 0) is 33.6 Å². The van der Waals surface area contributed by atoms with Crippen LogP contribution in [0.1, 0.15) is 24.0 Å². The number of nitrogens with one attached hydrogen (secondary N) is 1. The van der Waals surface area contributed by atoms with Crippen molar-refractivity contribution in [3.05, 3.63) is 64.4 Å². The van der Waals surface area contributed by atoms with Gasteiger partial charge in [-0.2, -0.15) is 0 Å². The molecule has 1 spiro atoms. The highest BCUT2D eigenvalue weighted by Gasteiger charge is 2.40. The number of pyridine rings is 1. The second kappa shape index (κ2) is 6.63. The Labute approximate surface area is 149 Å². The van der Waals surface area contributed by atoms with Crippen LogP contribution in [0.2, 0.25) is 0 Å². The van der Waals surface area contributed by atoms with Gasteiger partial charge in [0.1, 0.15) is 4.60 Å². The molecular formula is C18H19BrN4O. The second-order valence-electron chi connectivity index (χ2n) is 6.24. The van der Waals surface area contributed by atoms with Crippen LogP contribution < -0.4 is 5.48 Å². The first-order chi connectivity index (χ1) is 11.7. The number of aromatic nitrogens is 1. The van der Waals surface area contributed by atoms with Crippen LogP contribution in [-0.2, 0) is 11.4 Å². The largest absolute Gasteiger partial charge is 0.299 e. The highest BCUT2D eigenvalue weighted by Crippen LogP contribution is 2.31. The summed E-state index contributed by atoms with van der Waals surface area (Å²) in [5.74, 6) is 0.770. The van der Waals surface area contributed by atoms with Gasteiger partial charge in [0.15, 0.2) is 11.6 Å². The van der Waals surface area contributed by atoms with Crippen molar-refractivity contribution >= 4 is 21.8 Å². The summed E-state index contributed by atoms with van der Waals surface area (Å²) in [7, 11) is 0. The Balaban J connectivity index is 1.41. The van der Waals surface area contributed by atoms with Gasteiger partial charge < -0.3 is 0 Å². The molecule has 1 N–H and O–H groups in total. The molecular weight excluding hydrogens is 368 g/mol. The van der Waals surface area contributed by atoms with Crippen LogP contribution in [0.25, 0.3) is 0 Å². The molecule has 1 aromatic carbocycles. The van der Waals surface area contributed by atoms with E-state index in [0.29, 0.717) is 0 Å². The van der Waals surface area contributed by atoms with E-state index in [4.69, 9.17) is 9.83 Å². The maximum atomic E-state index is 5.86. The summed E-state index contributed by atoms with van der Waals surface area (Å²) < 4.78 is 0.815. The van der Waals surface area contributed by atoms with Gasteiger partial charge in [-0.3, -0.25) is 4.90 Å². The first-order valence-electron chi connectivity index (χ1n) is 8.15. The molecule has 3 heterocycles. The van der Waals surface area contributed by atoms with Crippen LogP contribution >= 0.6 is 15.9 Å². The third kappa shape index (κ3) is 3.36. The topological polar surface area (TPSA) is 49.8 Å². The van der Waals surface area contributed by atoms with E-state index in [-0.39, 0.29) is 0 Å². The molecule has 1 fully saturated rings. The second-order valence-corrected chi connectivity index (χ2v) is 7.05. The molecule has 0 atom stereocenters. The Morgan fingerprint density at radius 3 is 2.62 bits per heavy atom. The first-order valence-corrected chi connectivity index (χ1v) is 8.94. The quantitative estimate of drug-likeness (QED) is 0.823. The number of hydrogen-bond acceptors (Lipinski definition) is 5. The van der Waals surface area contributed by atoms with Crippen LogP contribution in [0.4, 0.5) is 0 Å². The fourth-order valence-corrected chi connectivity index (χ4v) is 3.38. The van der Waals surface area contributed by atoms with E-state index < -0.39 is 5.72 Å². The van der Waals surface area contributed by atoms with Gasteiger partial charge in [0.05, 0.1) is 0 Å². The fourth-order valence-electron chi connectivity index (χ4n) is 3.15. The van der Waals surface area contributed by atoms with E-state index in [1.807, 2.05) is 12.1 Å².